The van der Waals surface area contributed by atoms with Crippen LogP contribution in [-0.2, 0) is 12.8 Å². The Morgan fingerprint density at radius 3 is 2.81 bits per heavy atom. The molecule has 0 atom stereocenters. The quantitative estimate of drug-likeness (QED) is 0.832. The molecule has 0 radical (unpaired) electrons. The van der Waals surface area contributed by atoms with Gasteiger partial charge in [-0.15, -0.1) is 0 Å². The zero-order chi connectivity index (χ0) is 11.6. The number of aromatic nitrogens is 1. The molecule has 90 valence electrons. The molecule has 2 rings (SSSR count). The van der Waals surface area contributed by atoms with E-state index in [0.717, 1.165) is 37.1 Å². The lowest BCUT2D eigenvalue weighted by atomic mass is 9.91. The van der Waals surface area contributed by atoms with Gasteiger partial charge in [0.25, 0.3) is 0 Å². The largest absolute Gasteiger partial charge is 0.446 e. The molecule has 1 aliphatic carbocycles. The first-order chi connectivity index (χ1) is 7.53. The first-order valence-electron chi connectivity index (χ1n) is 6.20. The van der Waals surface area contributed by atoms with Gasteiger partial charge in [-0.3, -0.25) is 0 Å². The summed E-state index contributed by atoms with van der Waals surface area (Å²) in [5.41, 5.74) is 0.267. The highest BCUT2D eigenvalue weighted by Gasteiger charge is 2.20. The summed E-state index contributed by atoms with van der Waals surface area (Å²) in [7, 11) is 0. The van der Waals surface area contributed by atoms with Gasteiger partial charge in [0, 0.05) is 25.4 Å². The second-order valence-corrected chi connectivity index (χ2v) is 5.94. The Morgan fingerprint density at radius 2 is 2.19 bits per heavy atom. The zero-order valence-corrected chi connectivity index (χ0v) is 10.5. The molecule has 1 aliphatic rings. The Kier molecular flexibility index (Phi) is 3.33. The molecule has 3 heteroatoms. The van der Waals surface area contributed by atoms with E-state index >= 15 is 0 Å². The Hall–Kier alpha value is -0.830. The van der Waals surface area contributed by atoms with Crippen LogP contribution < -0.4 is 5.32 Å². The minimum atomic E-state index is 0.267. The number of hydrogen-bond donors (Lipinski definition) is 1. The van der Waals surface area contributed by atoms with Crippen LogP contribution in [0, 0.1) is 5.41 Å². The maximum atomic E-state index is 5.71. The van der Waals surface area contributed by atoms with Gasteiger partial charge in [0.2, 0.25) is 0 Å². The molecule has 3 nitrogen and oxygen atoms in total. The van der Waals surface area contributed by atoms with Crippen LogP contribution in [0.5, 0.6) is 0 Å². The van der Waals surface area contributed by atoms with Gasteiger partial charge in [-0.2, -0.15) is 0 Å². The van der Waals surface area contributed by atoms with Crippen molar-refractivity contribution in [2.75, 3.05) is 6.54 Å². The molecule has 1 aromatic heterocycles. The fraction of sp³-hybridized carbons (Fsp3) is 0.769. The van der Waals surface area contributed by atoms with Gasteiger partial charge < -0.3 is 9.73 Å². The van der Waals surface area contributed by atoms with Crippen LogP contribution >= 0.6 is 0 Å². The number of rotatable bonds is 5. The van der Waals surface area contributed by atoms with Crippen LogP contribution in [0.4, 0.5) is 0 Å². The molecule has 16 heavy (non-hydrogen) atoms. The molecule has 1 aromatic rings. The number of oxazole rings is 1. The Morgan fingerprint density at radius 1 is 1.44 bits per heavy atom. The third-order valence-electron chi connectivity index (χ3n) is 2.66. The first-order valence-corrected chi connectivity index (χ1v) is 6.20. The van der Waals surface area contributed by atoms with Gasteiger partial charge in [0.15, 0.2) is 5.89 Å². The van der Waals surface area contributed by atoms with E-state index in [-0.39, 0.29) is 5.41 Å². The summed E-state index contributed by atoms with van der Waals surface area (Å²) in [5.74, 6) is 1.88. The molecule has 0 spiro atoms. The van der Waals surface area contributed by atoms with E-state index in [0.29, 0.717) is 0 Å². The van der Waals surface area contributed by atoms with Gasteiger partial charge in [-0.25, -0.2) is 4.98 Å². The van der Waals surface area contributed by atoms with Gasteiger partial charge >= 0.3 is 0 Å². The number of nitrogens with zero attached hydrogens (tertiary/aromatic N) is 1. The Labute approximate surface area is 97.6 Å². The standard InChI is InChI=1S/C13H22N2O/c1-13(2,3)8-11-9-15-12(16-11)6-7-14-10-4-5-10/h9-10,14H,4-8H2,1-3H3. The minimum absolute atomic E-state index is 0.267. The van der Waals surface area contributed by atoms with Crippen LogP contribution in [0.25, 0.3) is 0 Å². The predicted octanol–water partition coefficient (Wildman–Crippen LogP) is 2.56. The highest BCUT2D eigenvalue weighted by molar-refractivity contribution is 4.97. The Balaban J connectivity index is 1.77. The van der Waals surface area contributed by atoms with E-state index in [4.69, 9.17) is 4.42 Å². The molecule has 0 bridgehead atoms. The van der Waals surface area contributed by atoms with E-state index in [2.05, 4.69) is 31.1 Å². The van der Waals surface area contributed by atoms with E-state index in [1.165, 1.54) is 12.8 Å². The fourth-order valence-electron chi connectivity index (χ4n) is 1.74. The van der Waals surface area contributed by atoms with Crippen LogP contribution in [0.2, 0.25) is 0 Å². The van der Waals surface area contributed by atoms with E-state index < -0.39 is 0 Å². The smallest absolute Gasteiger partial charge is 0.195 e. The average Bonchev–Trinajstić information content (AvgIpc) is 2.86. The SMILES string of the molecule is CC(C)(C)Cc1cnc(CCNC2CC2)o1. The van der Waals surface area contributed by atoms with Gasteiger partial charge in [-0.05, 0) is 18.3 Å². The topological polar surface area (TPSA) is 38.1 Å². The molecular weight excluding hydrogens is 200 g/mol. The highest BCUT2D eigenvalue weighted by atomic mass is 16.4. The third kappa shape index (κ3) is 3.97. The van der Waals surface area contributed by atoms with Crippen molar-refractivity contribution in [3.63, 3.8) is 0 Å². The van der Waals surface area contributed by atoms with Crippen molar-refractivity contribution in [1.82, 2.24) is 10.3 Å². The van der Waals surface area contributed by atoms with Crippen molar-refractivity contribution in [2.45, 2.75) is 52.5 Å². The van der Waals surface area contributed by atoms with Crippen molar-refractivity contribution in [3.8, 4) is 0 Å². The first kappa shape index (κ1) is 11.6. The molecule has 1 fully saturated rings. The molecule has 1 heterocycles. The second kappa shape index (κ2) is 4.58. The van der Waals surface area contributed by atoms with E-state index in [9.17, 15) is 0 Å². The fourth-order valence-corrected chi connectivity index (χ4v) is 1.74. The summed E-state index contributed by atoms with van der Waals surface area (Å²) in [4.78, 5) is 4.31. The lowest BCUT2D eigenvalue weighted by molar-refractivity contribution is 0.351. The molecule has 1 N–H and O–H groups in total. The van der Waals surface area contributed by atoms with Gasteiger partial charge in [0.1, 0.15) is 5.76 Å². The molecule has 1 saturated carbocycles. The number of nitrogens with one attached hydrogen (secondary N) is 1. The van der Waals surface area contributed by atoms with Crippen LogP contribution in [0.3, 0.4) is 0 Å². The number of hydrogen-bond acceptors (Lipinski definition) is 3. The van der Waals surface area contributed by atoms with Crippen molar-refractivity contribution in [2.24, 2.45) is 5.41 Å². The average molecular weight is 222 g/mol. The van der Waals surface area contributed by atoms with Crippen LogP contribution in [0.1, 0.15) is 45.3 Å². The van der Waals surface area contributed by atoms with E-state index in [1.807, 2.05) is 6.20 Å². The lowest BCUT2D eigenvalue weighted by Gasteiger charge is -2.15. The van der Waals surface area contributed by atoms with Crippen LogP contribution in [-0.4, -0.2) is 17.6 Å². The molecule has 0 aliphatic heterocycles. The predicted molar refractivity (Wildman–Crippen MR) is 64.4 cm³/mol. The molecular formula is C13H22N2O. The molecule has 0 amide bonds. The summed E-state index contributed by atoms with van der Waals surface area (Å²) >= 11 is 0. The maximum absolute atomic E-state index is 5.71. The monoisotopic (exact) mass is 222 g/mol. The molecule has 0 saturated heterocycles. The van der Waals surface area contributed by atoms with Gasteiger partial charge in [-0.1, -0.05) is 20.8 Å². The van der Waals surface area contributed by atoms with Gasteiger partial charge in [0.05, 0.1) is 6.20 Å². The molecule has 0 aromatic carbocycles. The summed E-state index contributed by atoms with van der Waals surface area (Å²) in [5, 5.41) is 3.46. The summed E-state index contributed by atoms with van der Waals surface area (Å²) in [6.45, 7) is 7.62. The minimum Gasteiger partial charge on any atom is -0.446 e. The van der Waals surface area contributed by atoms with Crippen molar-refractivity contribution >= 4 is 0 Å². The second-order valence-electron chi connectivity index (χ2n) is 5.94. The van der Waals surface area contributed by atoms with Crippen molar-refractivity contribution in [1.29, 1.82) is 0 Å². The summed E-state index contributed by atoms with van der Waals surface area (Å²) in [6.07, 6.45) is 6.40. The van der Waals surface area contributed by atoms with Crippen molar-refractivity contribution in [3.05, 3.63) is 17.8 Å². The lowest BCUT2D eigenvalue weighted by Crippen LogP contribution is -2.19. The zero-order valence-electron chi connectivity index (χ0n) is 10.5. The highest BCUT2D eigenvalue weighted by Crippen LogP contribution is 2.21. The van der Waals surface area contributed by atoms with Crippen LogP contribution in [0.15, 0.2) is 10.6 Å². The van der Waals surface area contributed by atoms with Crippen molar-refractivity contribution < 1.29 is 4.42 Å². The summed E-state index contributed by atoms with van der Waals surface area (Å²) in [6, 6.07) is 0.768. The normalized spacial score (nSPS) is 16.7. The Bertz CT molecular complexity index is 334. The molecule has 0 unspecified atom stereocenters. The third-order valence-corrected chi connectivity index (χ3v) is 2.66. The summed E-state index contributed by atoms with van der Waals surface area (Å²) < 4.78 is 5.71. The van der Waals surface area contributed by atoms with E-state index in [1.54, 1.807) is 0 Å². The maximum Gasteiger partial charge on any atom is 0.195 e.